The van der Waals surface area contributed by atoms with Crippen molar-refractivity contribution >= 4 is 44.6 Å². The van der Waals surface area contributed by atoms with Crippen LogP contribution in [-0.4, -0.2) is 26.2 Å². The molecular formula is C13H7BrClN3O3. The van der Waals surface area contributed by atoms with Gasteiger partial charge in [0.05, 0.1) is 21.8 Å². The molecule has 2 heterocycles. The molecule has 8 heteroatoms. The molecule has 0 aliphatic carbocycles. The number of hydrogen-bond acceptors (Lipinski definition) is 4. The monoisotopic (exact) mass is 367 g/mol. The van der Waals surface area contributed by atoms with Gasteiger partial charge in [-0.3, -0.25) is 0 Å². The number of carboxylic acid groups (broad SMARTS) is 1. The maximum Gasteiger partial charge on any atom is 0.512 e. The number of fused-ring (bicyclic) bond motifs is 1. The largest absolute Gasteiger partial charge is 0.512 e. The molecule has 6 nitrogen and oxygen atoms in total. The highest BCUT2D eigenvalue weighted by Crippen LogP contribution is 2.39. The molecule has 0 atom stereocenters. The number of nitrogens with zero attached hydrogens (tertiary/aromatic N) is 2. The first kappa shape index (κ1) is 13.8. The van der Waals surface area contributed by atoms with E-state index < -0.39 is 6.16 Å². The van der Waals surface area contributed by atoms with E-state index >= 15 is 0 Å². The van der Waals surface area contributed by atoms with Crippen molar-refractivity contribution < 1.29 is 14.6 Å². The summed E-state index contributed by atoms with van der Waals surface area (Å²) in [5.74, 6) is 0.0883. The van der Waals surface area contributed by atoms with Gasteiger partial charge in [-0.15, -0.1) is 0 Å². The van der Waals surface area contributed by atoms with Gasteiger partial charge in [0.25, 0.3) is 0 Å². The first-order chi connectivity index (χ1) is 10.1. The van der Waals surface area contributed by atoms with E-state index in [-0.39, 0.29) is 5.88 Å². The minimum atomic E-state index is -1.41. The van der Waals surface area contributed by atoms with E-state index in [1.165, 1.54) is 6.33 Å². The zero-order valence-corrected chi connectivity index (χ0v) is 12.6. The summed E-state index contributed by atoms with van der Waals surface area (Å²) >= 11 is 9.43. The number of aromatic amines is 1. The highest BCUT2D eigenvalue weighted by Gasteiger charge is 2.19. The van der Waals surface area contributed by atoms with E-state index in [2.05, 4.69) is 30.9 Å². The molecule has 0 fully saturated rings. The van der Waals surface area contributed by atoms with Gasteiger partial charge in [0, 0.05) is 16.1 Å². The predicted octanol–water partition coefficient (Wildman–Crippen LogP) is 4.10. The Morgan fingerprint density at radius 1 is 1.43 bits per heavy atom. The zero-order valence-electron chi connectivity index (χ0n) is 10.3. The van der Waals surface area contributed by atoms with Crippen LogP contribution in [0.2, 0.25) is 5.02 Å². The summed E-state index contributed by atoms with van der Waals surface area (Å²) in [5.41, 5.74) is 1.73. The number of nitrogens with one attached hydrogen (secondary N) is 1. The number of benzene rings is 1. The third-order valence-corrected chi connectivity index (χ3v) is 4.03. The molecule has 0 bridgehead atoms. The second kappa shape index (κ2) is 5.34. The first-order valence-electron chi connectivity index (χ1n) is 5.74. The maximum absolute atomic E-state index is 10.9. The second-order valence-corrected chi connectivity index (χ2v) is 5.37. The number of hydrogen-bond donors (Lipinski definition) is 2. The summed E-state index contributed by atoms with van der Waals surface area (Å²) in [4.78, 5) is 21.7. The number of halogens is 2. The fraction of sp³-hybridized carbons (Fsp3) is 0. The standard InChI is InChI=1S/C13H7BrClN3O3/c14-7-4-10-6(3-8(7)15)11(9-1-2-16-5-17-9)12(18-10)21-13(19)20/h1-5,18H,(H,19,20). The van der Waals surface area contributed by atoms with E-state index in [4.69, 9.17) is 21.4 Å². The van der Waals surface area contributed by atoms with Gasteiger partial charge in [-0.2, -0.15) is 0 Å². The molecule has 2 N–H and O–H groups in total. The lowest BCUT2D eigenvalue weighted by atomic mass is 10.1. The lowest BCUT2D eigenvalue weighted by molar-refractivity contribution is 0.143. The minimum Gasteiger partial charge on any atom is -0.449 e. The summed E-state index contributed by atoms with van der Waals surface area (Å²) in [7, 11) is 0. The summed E-state index contributed by atoms with van der Waals surface area (Å²) in [6.45, 7) is 0. The Morgan fingerprint density at radius 3 is 2.90 bits per heavy atom. The highest BCUT2D eigenvalue weighted by atomic mass is 79.9. The molecule has 0 saturated carbocycles. The molecule has 0 spiro atoms. The van der Waals surface area contributed by atoms with Crippen molar-refractivity contribution in [2.24, 2.45) is 0 Å². The van der Waals surface area contributed by atoms with E-state index in [0.29, 0.717) is 31.7 Å². The van der Waals surface area contributed by atoms with E-state index in [1.54, 1.807) is 24.4 Å². The number of carbonyl (C=O) groups is 1. The van der Waals surface area contributed by atoms with Crippen LogP contribution in [-0.2, 0) is 0 Å². The smallest absolute Gasteiger partial charge is 0.449 e. The van der Waals surface area contributed by atoms with Crippen LogP contribution in [0.5, 0.6) is 5.88 Å². The van der Waals surface area contributed by atoms with Crippen molar-refractivity contribution in [3.05, 3.63) is 40.2 Å². The lowest BCUT2D eigenvalue weighted by Crippen LogP contribution is -2.04. The maximum atomic E-state index is 10.9. The van der Waals surface area contributed by atoms with Crippen LogP contribution >= 0.6 is 27.5 Å². The minimum absolute atomic E-state index is 0.0883. The first-order valence-corrected chi connectivity index (χ1v) is 6.91. The topological polar surface area (TPSA) is 88.1 Å². The molecule has 0 amide bonds. The Morgan fingerprint density at radius 2 is 2.24 bits per heavy atom. The Hall–Kier alpha value is -2.12. The number of rotatable bonds is 2. The van der Waals surface area contributed by atoms with Gasteiger partial charge in [-0.25, -0.2) is 14.8 Å². The molecule has 0 saturated heterocycles. The van der Waals surface area contributed by atoms with Gasteiger partial charge in [-0.05, 0) is 34.1 Å². The highest BCUT2D eigenvalue weighted by molar-refractivity contribution is 9.10. The quantitative estimate of drug-likeness (QED) is 0.665. The van der Waals surface area contributed by atoms with Gasteiger partial charge in [0.1, 0.15) is 6.33 Å². The number of ether oxygens (including phenoxy) is 1. The molecule has 2 aromatic heterocycles. The molecule has 0 aliphatic heterocycles. The Balaban J connectivity index is 2.32. The van der Waals surface area contributed by atoms with Crippen LogP contribution in [0, 0.1) is 0 Å². The molecule has 3 rings (SSSR count). The lowest BCUT2D eigenvalue weighted by Gasteiger charge is -2.02. The van der Waals surface area contributed by atoms with Gasteiger partial charge < -0.3 is 14.8 Å². The molecule has 0 aliphatic rings. The van der Waals surface area contributed by atoms with Crippen LogP contribution in [0.1, 0.15) is 0 Å². The molecule has 3 aromatic rings. The van der Waals surface area contributed by atoms with E-state index in [1.807, 2.05) is 0 Å². The Kier molecular flexibility index (Phi) is 3.52. The van der Waals surface area contributed by atoms with Gasteiger partial charge in [0.15, 0.2) is 0 Å². The van der Waals surface area contributed by atoms with Crippen molar-refractivity contribution in [1.82, 2.24) is 15.0 Å². The van der Waals surface area contributed by atoms with Crippen LogP contribution < -0.4 is 4.74 Å². The SMILES string of the molecule is O=C(O)Oc1[nH]c2cc(Br)c(Cl)cc2c1-c1ccncn1. The van der Waals surface area contributed by atoms with Crippen LogP contribution in [0.3, 0.4) is 0 Å². The van der Waals surface area contributed by atoms with Gasteiger partial charge in [-0.1, -0.05) is 11.6 Å². The van der Waals surface area contributed by atoms with Crippen LogP contribution in [0.4, 0.5) is 4.79 Å². The van der Waals surface area contributed by atoms with E-state index in [0.717, 1.165) is 0 Å². The van der Waals surface area contributed by atoms with Crippen molar-refractivity contribution in [2.75, 3.05) is 0 Å². The van der Waals surface area contributed by atoms with Crippen molar-refractivity contribution in [3.63, 3.8) is 0 Å². The third-order valence-electron chi connectivity index (χ3n) is 2.83. The summed E-state index contributed by atoms with van der Waals surface area (Å²) in [6, 6.07) is 5.12. The number of H-pyrrole nitrogens is 1. The van der Waals surface area contributed by atoms with Crippen LogP contribution in [0.15, 0.2) is 35.2 Å². The van der Waals surface area contributed by atoms with E-state index in [9.17, 15) is 4.79 Å². The fourth-order valence-corrected chi connectivity index (χ4v) is 2.53. The van der Waals surface area contributed by atoms with Gasteiger partial charge >= 0.3 is 6.16 Å². The number of aromatic nitrogens is 3. The van der Waals surface area contributed by atoms with Gasteiger partial charge in [0.2, 0.25) is 5.88 Å². The molecule has 21 heavy (non-hydrogen) atoms. The summed E-state index contributed by atoms with van der Waals surface area (Å²) in [6.07, 6.45) is 1.52. The van der Waals surface area contributed by atoms with Crippen molar-refractivity contribution in [2.45, 2.75) is 0 Å². The average Bonchev–Trinajstić information content (AvgIpc) is 2.76. The zero-order chi connectivity index (χ0) is 15.0. The Labute approximate surface area is 131 Å². The van der Waals surface area contributed by atoms with Crippen molar-refractivity contribution in [1.29, 1.82) is 0 Å². The van der Waals surface area contributed by atoms with Crippen molar-refractivity contribution in [3.8, 4) is 17.1 Å². The fourth-order valence-electron chi connectivity index (χ4n) is 2.02. The molecule has 106 valence electrons. The molecule has 0 radical (unpaired) electrons. The summed E-state index contributed by atoms with van der Waals surface area (Å²) in [5, 5.41) is 10.1. The molecule has 0 unspecified atom stereocenters. The Bertz CT molecular complexity index is 836. The normalized spacial score (nSPS) is 10.8. The second-order valence-electron chi connectivity index (χ2n) is 4.10. The van der Waals surface area contributed by atoms with Crippen LogP contribution in [0.25, 0.3) is 22.2 Å². The average molecular weight is 369 g/mol. The third kappa shape index (κ3) is 2.57. The molecule has 1 aromatic carbocycles. The predicted molar refractivity (Wildman–Crippen MR) is 80.7 cm³/mol. The molecular weight excluding hydrogens is 362 g/mol. The summed E-state index contributed by atoms with van der Waals surface area (Å²) < 4.78 is 5.50.